The van der Waals surface area contributed by atoms with E-state index in [1.165, 1.54) is 0 Å². The summed E-state index contributed by atoms with van der Waals surface area (Å²) in [7, 11) is 0. The number of carboxylic acid groups (broad SMARTS) is 1. The van der Waals surface area contributed by atoms with Crippen LogP contribution in [0.15, 0.2) is 48.5 Å². The molecule has 1 amide bonds. The Bertz CT molecular complexity index is 1320. The predicted octanol–water partition coefficient (Wildman–Crippen LogP) is 7.48. The van der Waals surface area contributed by atoms with E-state index in [1.807, 2.05) is 30.3 Å². The maximum atomic E-state index is 13.5. The van der Waals surface area contributed by atoms with Gasteiger partial charge in [-0.2, -0.15) is 5.10 Å². The molecule has 1 aliphatic carbocycles. The zero-order valence-corrected chi connectivity index (χ0v) is 24.8. The van der Waals surface area contributed by atoms with Crippen molar-refractivity contribution >= 4 is 35.1 Å². The minimum atomic E-state index is -0.837. The molecule has 0 atom stereocenters. The summed E-state index contributed by atoms with van der Waals surface area (Å²) in [6.45, 7) is 7.59. The zero-order valence-electron chi connectivity index (χ0n) is 23.3. The molecule has 0 radical (unpaired) electrons. The topological polar surface area (TPSA) is 93.5 Å². The highest BCUT2D eigenvalue weighted by Crippen LogP contribution is 2.38. The molecule has 2 aromatic carbocycles. The van der Waals surface area contributed by atoms with Crippen molar-refractivity contribution in [2.75, 3.05) is 6.61 Å². The number of carbonyl (C=O) groups is 2. The van der Waals surface area contributed by atoms with E-state index < -0.39 is 5.97 Å². The third kappa shape index (κ3) is 8.01. The first-order valence-electron chi connectivity index (χ1n) is 13.8. The molecule has 0 bridgehead atoms. The van der Waals surface area contributed by atoms with Gasteiger partial charge in [0.1, 0.15) is 11.4 Å². The molecule has 4 rings (SSSR count). The number of hydrogen-bond donors (Lipinski definition) is 2. The highest BCUT2D eigenvalue weighted by molar-refractivity contribution is 6.42. The number of benzene rings is 2. The van der Waals surface area contributed by atoms with Crippen LogP contribution in [0.4, 0.5) is 0 Å². The molecule has 0 spiro atoms. The van der Waals surface area contributed by atoms with Crippen molar-refractivity contribution in [3.63, 3.8) is 0 Å². The number of ether oxygens (including phenoxy) is 1. The molecule has 214 valence electrons. The van der Waals surface area contributed by atoms with Gasteiger partial charge in [0.2, 0.25) is 0 Å². The van der Waals surface area contributed by atoms with Gasteiger partial charge in [-0.25, -0.2) is 0 Å². The van der Waals surface area contributed by atoms with Crippen LogP contribution in [0.5, 0.6) is 5.75 Å². The quantitative estimate of drug-likeness (QED) is 0.240. The van der Waals surface area contributed by atoms with E-state index in [-0.39, 0.29) is 23.8 Å². The molecule has 40 heavy (non-hydrogen) atoms. The van der Waals surface area contributed by atoms with Crippen LogP contribution in [0, 0.1) is 11.3 Å². The Hall–Kier alpha value is -3.03. The van der Waals surface area contributed by atoms with Crippen LogP contribution in [0.3, 0.4) is 0 Å². The normalized spacial score (nSPS) is 17.4. The molecular formula is C31H37Cl2N3O4. The summed E-state index contributed by atoms with van der Waals surface area (Å²) in [5.41, 5.74) is 3.12. The van der Waals surface area contributed by atoms with E-state index in [0.29, 0.717) is 52.7 Å². The van der Waals surface area contributed by atoms with E-state index in [4.69, 9.17) is 38.1 Å². The van der Waals surface area contributed by atoms with Gasteiger partial charge in [0.05, 0.1) is 28.9 Å². The Morgan fingerprint density at radius 2 is 1.73 bits per heavy atom. The summed E-state index contributed by atoms with van der Waals surface area (Å²) in [6.07, 6.45) is 4.66. The summed E-state index contributed by atoms with van der Waals surface area (Å²) in [5, 5.41) is 17.7. The third-order valence-corrected chi connectivity index (χ3v) is 8.31. The molecule has 3 aromatic rings. The number of carboxylic acids is 1. The number of amides is 1. The van der Waals surface area contributed by atoms with Crippen LogP contribution >= 0.6 is 23.2 Å². The van der Waals surface area contributed by atoms with Crippen molar-refractivity contribution in [2.45, 2.75) is 71.9 Å². The first-order valence-corrected chi connectivity index (χ1v) is 14.5. The highest BCUT2D eigenvalue weighted by Gasteiger charge is 2.31. The fourth-order valence-corrected chi connectivity index (χ4v) is 5.46. The number of nitrogens with one attached hydrogen (secondary N) is 1. The van der Waals surface area contributed by atoms with Crippen LogP contribution in [0.25, 0.3) is 11.3 Å². The second-order valence-corrected chi connectivity index (χ2v) is 12.4. The van der Waals surface area contributed by atoms with Gasteiger partial charge in [0, 0.05) is 18.0 Å². The summed E-state index contributed by atoms with van der Waals surface area (Å²) in [5.74, 6) is 0.346. The maximum absolute atomic E-state index is 13.5. The van der Waals surface area contributed by atoms with Gasteiger partial charge in [-0.1, -0.05) is 62.2 Å². The van der Waals surface area contributed by atoms with E-state index in [1.54, 1.807) is 22.9 Å². The minimum Gasteiger partial charge on any atom is -0.494 e. The SMILES string of the molecule is CC(C)(C)C1CCC(NC(=O)c2cc(-c3ccc(Cl)c(Cl)c3)nn2Cc2ccc(OCCCC(=O)O)cc2)CC1. The molecule has 1 aliphatic rings. The average Bonchev–Trinajstić information content (AvgIpc) is 3.33. The van der Waals surface area contributed by atoms with Crippen LogP contribution < -0.4 is 10.1 Å². The minimum absolute atomic E-state index is 0.0708. The lowest BCUT2D eigenvalue weighted by molar-refractivity contribution is -0.137. The molecule has 1 aromatic heterocycles. The molecule has 9 heteroatoms. The first kappa shape index (κ1) is 29.9. The van der Waals surface area contributed by atoms with Crippen molar-refractivity contribution in [3.8, 4) is 17.0 Å². The van der Waals surface area contributed by atoms with Gasteiger partial charge in [-0.3, -0.25) is 14.3 Å². The Balaban J connectivity index is 1.50. The monoisotopic (exact) mass is 585 g/mol. The number of nitrogens with zero attached hydrogens (tertiary/aromatic N) is 2. The Labute approximate surface area is 245 Å². The summed E-state index contributed by atoms with van der Waals surface area (Å²) < 4.78 is 7.37. The van der Waals surface area contributed by atoms with Gasteiger partial charge < -0.3 is 15.2 Å². The molecular weight excluding hydrogens is 549 g/mol. The standard InChI is InChI=1S/C31H37Cl2N3O4/c1-31(2,3)22-9-11-23(12-10-22)34-30(39)28-18-27(21-8-15-25(32)26(33)17-21)35-36(28)19-20-6-13-24(14-7-20)40-16-4-5-29(37)38/h6-8,13-15,17-18,22-23H,4-5,9-12,16,19H2,1-3H3,(H,34,39)(H,37,38). The Kier molecular flexibility index (Phi) is 9.80. The Morgan fingerprint density at radius 1 is 1.02 bits per heavy atom. The van der Waals surface area contributed by atoms with Gasteiger partial charge in [0.25, 0.3) is 5.91 Å². The number of aliphatic carboxylic acids is 1. The van der Waals surface area contributed by atoms with Gasteiger partial charge in [-0.05, 0) is 79.3 Å². The lowest BCUT2D eigenvalue weighted by Gasteiger charge is -2.37. The summed E-state index contributed by atoms with van der Waals surface area (Å²) in [6, 6.07) is 14.8. The number of carbonyl (C=O) groups excluding carboxylic acids is 1. The summed E-state index contributed by atoms with van der Waals surface area (Å²) in [4.78, 5) is 24.2. The maximum Gasteiger partial charge on any atom is 0.303 e. The first-order chi connectivity index (χ1) is 19.0. The van der Waals surface area contributed by atoms with E-state index >= 15 is 0 Å². The van der Waals surface area contributed by atoms with Gasteiger partial charge in [0.15, 0.2) is 0 Å². The lowest BCUT2D eigenvalue weighted by atomic mass is 9.71. The Morgan fingerprint density at radius 3 is 2.35 bits per heavy atom. The van der Waals surface area contributed by atoms with Crippen LogP contribution in [-0.4, -0.2) is 39.4 Å². The second kappa shape index (κ2) is 13.1. The van der Waals surface area contributed by atoms with Gasteiger partial charge >= 0.3 is 5.97 Å². The predicted molar refractivity (Wildman–Crippen MR) is 158 cm³/mol. The van der Waals surface area contributed by atoms with Crippen LogP contribution in [-0.2, 0) is 11.3 Å². The largest absolute Gasteiger partial charge is 0.494 e. The van der Waals surface area contributed by atoms with Gasteiger partial charge in [-0.15, -0.1) is 0 Å². The molecule has 0 aliphatic heterocycles. The molecule has 0 unspecified atom stereocenters. The number of rotatable bonds is 10. The molecule has 1 heterocycles. The van der Waals surface area contributed by atoms with Crippen molar-refractivity contribution in [3.05, 3.63) is 69.8 Å². The van der Waals surface area contributed by atoms with Crippen molar-refractivity contribution < 1.29 is 19.4 Å². The van der Waals surface area contributed by atoms with Crippen molar-refractivity contribution in [1.82, 2.24) is 15.1 Å². The summed E-state index contributed by atoms with van der Waals surface area (Å²) >= 11 is 12.4. The molecule has 0 saturated heterocycles. The molecule has 1 fully saturated rings. The zero-order chi connectivity index (χ0) is 28.9. The van der Waals surface area contributed by atoms with Crippen molar-refractivity contribution in [1.29, 1.82) is 0 Å². The molecule has 2 N–H and O–H groups in total. The fraction of sp³-hybridized carbons (Fsp3) is 0.452. The van der Waals surface area contributed by atoms with Crippen LogP contribution in [0.1, 0.15) is 75.3 Å². The van der Waals surface area contributed by atoms with E-state index in [2.05, 4.69) is 26.1 Å². The molecule has 1 saturated carbocycles. The third-order valence-electron chi connectivity index (χ3n) is 7.57. The average molecular weight is 587 g/mol. The number of halogens is 2. The number of hydrogen-bond acceptors (Lipinski definition) is 4. The molecule has 7 nitrogen and oxygen atoms in total. The smallest absolute Gasteiger partial charge is 0.303 e. The highest BCUT2D eigenvalue weighted by atomic mass is 35.5. The van der Waals surface area contributed by atoms with Crippen molar-refractivity contribution in [2.24, 2.45) is 11.3 Å². The lowest BCUT2D eigenvalue weighted by Crippen LogP contribution is -2.40. The number of aromatic nitrogens is 2. The van der Waals surface area contributed by atoms with E-state index in [9.17, 15) is 9.59 Å². The van der Waals surface area contributed by atoms with E-state index in [0.717, 1.165) is 36.8 Å². The van der Waals surface area contributed by atoms with Crippen LogP contribution in [0.2, 0.25) is 10.0 Å². The fourth-order valence-electron chi connectivity index (χ4n) is 5.16. The second-order valence-electron chi connectivity index (χ2n) is 11.6.